The summed E-state index contributed by atoms with van der Waals surface area (Å²) in [6, 6.07) is 2.92. The molecule has 166 valence electrons. The predicted octanol–water partition coefficient (Wildman–Crippen LogP) is 4.04. The van der Waals surface area contributed by atoms with Gasteiger partial charge in [-0.15, -0.1) is 23.2 Å². The smallest absolute Gasteiger partial charge is 0.348 e. The molecule has 30 heavy (non-hydrogen) atoms. The number of rotatable bonds is 10. The van der Waals surface area contributed by atoms with E-state index in [1.165, 1.54) is 23.3 Å². The summed E-state index contributed by atoms with van der Waals surface area (Å²) in [6.07, 6.45) is 2.56. The number of hydrogen-bond acceptors (Lipinski definition) is 5. The molecule has 1 saturated heterocycles. The van der Waals surface area contributed by atoms with Crippen LogP contribution in [-0.4, -0.2) is 53.6 Å². The van der Waals surface area contributed by atoms with Crippen molar-refractivity contribution in [1.29, 1.82) is 0 Å². The number of thiophene rings is 1. The SMILES string of the molecule is CCC#CCC[C@H](O)CC[C@H]1CC(F)(F)C(=O)N1CCCc1ccc(C(=O)OC)s1. The van der Waals surface area contributed by atoms with Crippen LogP contribution in [0.3, 0.4) is 0 Å². The van der Waals surface area contributed by atoms with Crippen molar-refractivity contribution in [2.75, 3.05) is 13.7 Å². The Morgan fingerprint density at radius 2 is 2.17 bits per heavy atom. The zero-order valence-electron chi connectivity index (χ0n) is 17.5. The van der Waals surface area contributed by atoms with E-state index in [0.717, 1.165) is 11.3 Å². The first-order valence-electron chi connectivity index (χ1n) is 10.3. The lowest BCUT2D eigenvalue weighted by molar-refractivity contribution is -0.148. The van der Waals surface area contributed by atoms with E-state index in [4.69, 9.17) is 0 Å². The number of carbonyl (C=O) groups excluding carboxylic acids is 2. The fourth-order valence-electron chi connectivity index (χ4n) is 3.54. The van der Waals surface area contributed by atoms with Crippen LogP contribution in [0.1, 0.15) is 66.4 Å². The molecule has 2 heterocycles. The van der Waals surface area contributed by atoms with E-state index in [1.807, 2.05) is 13.0 Å². The molecule has 0 aromatic carbocycles. The van der Waals surface area contributed by atoms with Crippen LogP contribution in [0, 0.1) is 11.8 Å². The number of aliphatic hydroxyl groups excluding tert-OH is 1. The average Bonchev–Trinajstić information content (AvgIpc) is 3.27. The van der Waals surface area contributed by atoms with Crippen molar-refractivity contribution >= 4 is 23.2 Å². The summed E-state index contributed by atoms with van der Waals surface area (Å²) in [7, 11) is 1.32. The molecule has 0 aliphatic carbocycles. The zero-order chi connectivity index (χ0) is 22.1. The van der Waals surface area contributed by atoms with Crippen LogP contribution < -0.4 is 0 Å². The number of aryl methyl sites for hydroxylation is 1. The van der Waals surface area contributed by atoms with Crippen molar-refractivity contribution in [2.24, 2.45) is 0 Å². The van der Waals surface area contributed by atoms with Crippen LogP contribution in [0.25, 0.3) is 0 Å². The number of alkyl halides is 2. The molecule has 0 unspecified atom stereocenters. The van der Waals surface area contributed by atoms with E-state index in [-0.39, 0.29) is 6.54 Å². The third-order valence-corrected chi connectivity index (χ3v) is 6.24. The number of methoxy groups -OCH3 is 1. The first-order valence-corrected chi connectivity index (χ1v) is 11.1. The Labute approximate surface area is 180 Å². The molecule has 2 atom stereocenters. The minimum absolute atomic E-state index is 0.225. The largest absolute Gasteiger partial charge is 0.465 e. The molecule has 1 aromatic rings. The molecular weight excluding hydrogens is 412 g/mol. The van der Waals surface area contributed by atoms with Gasteiger partial charge in [0.25, 0.3) is 5.91 Å². The van der Waals surface area contributed by atoms with Gasteiger partial charge in [-0.3, -0.25) is 4.79 Å². The van der Waals surface area contributed by atoms with Crippen molar-refractivity contribution in [3.8, 4) is 11.8 Å². The highest BCUT2D eigenvalue weighted by Gasteiger charge is 2.52. The molecule has 0 bridgehead atoms. The number of esters is 1. The number of carbonyl (C=O) groups is 2. The molecule has 0 spiro atoms. The highest BCUT2D eigenvalue weighted by molar-refractivity contribution is 7.13. The summed E-state index contributed by atoms with van der Waals surface area (Å²) >= 11 is 1.30. The molecule has 1 fully saturated rings. The maximum atomic E-state index is 14.0. The van der Waals surface area contributed by atoms with E-state index in [9.17, 15) is 23.5 Å². The van der Waals surface area contributed by atoms with Gasteiger partial charge in [0.1, 0.15) is 4.88 Å². The summed E-state index contributed by atoms with van der Waals surface area (Å²) in [5.74, 6) is 1.02. The number of likely N-dealkylation sites (tertiary alicyclic amines) is 1. The first-order chi connectivity index (χ1) is 14.3. The molecule has 1 N–H and O–H groups in total. The summed E-state index contributed by atoms with van der Waals surface area (Å²) < 4.78 is 32.7. The molecule has 2 rings (SSSR count). The van der Waals surface area contributed by atoms with Crippen molar-refractivity contribution < 1.29 is 28.2 Å². The minimum Gasteiger partial charge on any atom is -0.465 e. The molecule has 1 aliphatic heterocycles. The van der Waals surface area contributed by atoms with Crippen LogP contribution in [0.5, 0.6) is 0 Å². The molecule has 0 saturated carbocycles. The number of ether oxygens (including phenoxy) is 1. The normalized spacial score (nSPS) is 18.8. The molecule has 8 heteroatoms. The quantitative estimate of drug-likeness (QED) is 0.440. The lowest BCUT2D eigenvalue weighted by Crippen LogP contribution is -2.37. The average molecular weight is 442 g/mol. The minimum atomic E-state index is -3.34. The van der Waals surface area contributed by atoms with Crippen molar-refractivity contribution in [2.45, 2.75) is 76.4 Å². The van der Waals surface area contributed by atoms with Gasteiger partial charge in [0, 0.05) is 36.7 Å². The highest BCUT2D eigenvalue weighted by atomic mass is 32.1. The summed E-state index contributed by atoms with van der Waals surface area (Å²) in [5, 5.41) is 10.1. The molecule has 1 aromatic heterocycles. The van der Waals surface area contributed by atoms with Gasteiger partial charge in [-0.25, -0.2) is 4.79 Å². The van der Waals surface area contributed by atoms with Crippen LogP contribution in [0.2, 0.25) is 0 Å². The lowest BCUT2D eigenvalue weighted by atomic mass is 10.0. The van der Waals surface area contributed by atoms with Gasteiger partial charge in [0.05, 0.1) is 13.2 Å². The third kappa shape index (κ3) is 6.78. The van der Waals surface area contributed by atoms with Gasteiger partial charge >= 0.3 is 11.9 Å². The standard InChI is InChI=1S/C22H29F2NO4S/c1-3-4-5-6-8-17(26)11-10-16-15-22(23,24)21(28)25(16)14-7-9-18-12-13-19(30-18)20(27)29-2/h12-13,16-17,26H,3,6-11,14-15H2,1-2H3/t16-,17-/m0/s1. The maximum absolute atomic E-state index is 14.0. The van der Waals surface area contributed by atoms with Gasteiger partial charge < -0.3 is 14.7 Å². The molecule has 1 aliphatic rings. The Balaban J connectivity index is 1.86. The van der Waals surface area contributed by atoms with Gasteiger partial charge in [-0.2, -0.15) is 8.78 Å². The number of amides is 1. The summed E-state index contributed by atoms with van der Waals surface area (Å²) in [6.45, 7) is 2.18. The van der Waals surface area contributed by atoms with E-state index in [1.54, 1.807) is 6.07 Å². The van der Waals surface area contributed by atoms with E-state index in [2.05, 4.69) is 16.6 Å². The fourth-order valence-corrected chi connectivity index (χ4v) is 4.51. The van der Waals surface area contributed by atoms with Crippen molar-refractivity contribution in [3.63, 3.8) is 0 Å². The second kappa shape index (κ2) is 11.4. The summed E-state index contributed by atoms with van der Waals surface area (Å²) in [5.41, 5.74) is 0. The van der Waals surface area contributed by atoms with Crippen molar-refractivity contribution in [3.05, 3.63) is 21.9 Å². The van der Waals surface area contributed by atoms with E-state index in [0.29, 0.717) is 43.4 Å². The number of nitrogens with zero attached hydrogens (tertiary/aromatic N) is 1. The zero-order valence-corrected chi connectivity index (χ0v) is 18.3. The number of aliphatic hydroxyl groups is 1. The van der Waals surface area contributed by atoms with Crippen LogP contribution in [-0.2, 0) is 16.0 Å². The van der Waals surface area contributed by atoms with Gasteiger partial charge in [0.2, 0.25) is 0 Å². The molecular formula is C22H29F2NO4S. The van der Waals surface area contributed by atoms with E-state index >= 15 is 0 Å². The van der Waals surface area contributed by atoms with Crippen LogP contribution >= 0.6 is 11.3 Å². The van der Waals surface area contributed by atoms with Gasteiger partial charge in [-0.05, 0) is 44.2 Å². The Morgan fingerprint density at radius 3 is 2.87 bits per heavy atom. The topological polar surface area (TPSA) is 66.8 Å². The maximum Gasteiger partial charge on any atom is 0.348 e. The Hall–Kier alpha value is -1.98. The highest BCUT2D eigenvalue weighted by Crippen LogP contribution is 2.36. The summed E-state index contributed by atoms with van der Waals surface area (Å²) in [4.78, 5) is 26.3. The number of halogens is 2. The second-order valence-electron chi connectivity index (χ2n) is 7.40. The molecule has 0 radical (unpaired) electrons. The fraction of sp³-hybridized carbons (Fsp3) is 0.636. The molecule has 1 amide bonds. The van der Waals surface area contributed by atoms with E-state index < -0.39 is 36.4 Å². The Kier molecular flexibility index (Phi) is 9.25. The Morgan fingerprint density at radius 1 is 1.40 bits per heavy atom. The monoisotopic (exact) mass is 441 g/mol. The van der Waals surface area contributed by atoms with Crippen LogP contribution in [0.15, 0.2) is 12.1 Å². The predicted molar refractivity (Wildman–Crippen MR) is 112 cm³/mol. The van der Waals surface area contributed by atoms with Gasteiger partial charge in [-0.1, -0.05) is 6.92 Å². The molecule has 5 nitrogen and oxygen atoms in total. The third-order valence-electron chi connectivity index (χ3n) is 5.11. The second-order valence-corrected chi connectivity index (χ2v) is 8.57. The van der Waals surface area contributed by atoms with Crippen molar-refractivity contribution in [1.82, 2.24) is 4.90 Å². The van der Waals surface area contributed by atoms with Gasteiger partial charge in [0.15, 0.2) is 0 Å². The first kappa shape index (κ1) is 24.3. The Bertz CT molecular complexity index is 784. The lowest BCUT2D eigenvalue weighted by Gasteiger charge is -2.24. The van der Waals surface area contributed by atoms with Crippen LogP contribution in [0.4, 0.5) is 8.78 Å². The number of hydrogen-bond donors (Lipinski definition) is 1.